The zero-order valence-corrected chi connectivity index (χ0v) is 14.9. The van der Waals surface area contributed by atoms with Gasteiger partial charge in [0, 0.05) is 32.4 Å². The number of hydrogen-bond acceptors (Lipinski definition) is 5. The zero-order valence-electron chi connectivity index (χ0n) is 14.1. The van der Waals surface area contributed by atoms with Crippen LogP contribution in [0.4, 0.5) is 20.2 Å². The first-order valence-corrected chi connectivity index (χ1v) is 7.78. The van der Waals surface area contributed by atoms with Gasteiger partial charge in [-0.25, -0.2) is 9.18 Å². The van der Waals surface area contributed by atoms with Gasteiger partial charge in [0.05, 0.1) is 11.2 Å². The summed E-state index contributed by atoms with van der Waals surface area (Å²) in [5.74, 6) is -1.37. The van der Waals surface area contributed by atoms with E-state index < -0.39 is 23.9 Å². The molecule has 1 N–H and O–H groups in total. The van der Waals surface area contributed by atoms with Crippen LogP contribution in [0.5, 0.6) is 0 Å². The molecule has 1 aliphatic heterocycles. The highest BCUT2D eigenvalue weighted by Crippen LogP contribution is 2.31. The average molecular weight is 389 g/mol. The summed E-state index contributed by atoms with van der Waals surface area (Å²) in [7, 11) is 1.98. The van der Waals surface area contributed by atoms with Gasteiger partial charge in [-0.05, 0) is 25.2 Å². The van der Waals surface area contributed by atoms with Crippen molar-refractivity contribution < 1.29 is 18.8 Å². The van der Waals surface area contributed by atoms with Crippen LogP contribution >= 0.6 is 12.4 Å². The summed E-state index contributed by atoms with van der Waals surface area (Å²) in [6.45, 7) is 1.45. The number of carboxylic acids is 1. The lowest BCUT2D eigenvalue weighted by atomic mass is 10.2. The molecule has 26 heavy (non-hydrogen) atoms. The third kappa shape index (κ3) is 3.58. The maximum atomic E-state index is 14.1. The van der Waals surface area contributed by atoms with Crippen molar-refractivity contribution in [2.75, 3.05) is 50.0 Å². The van der Waals surface area contributed by atoms with Crippen molar-refractivity contribution in [3.8, 4) is 0 Å². The Labute approximate surface area is 154 Å². The van der Waals surface area contributed by atoms with Gasteiger partial charge in [-0.2, -0.15) is 5.12 Å². The first kappa shape index (κ1) is 19.9. The number of rotatable bonds is 4. The van der Waals surface area contributed by atoms with Gasteiger partial charge in [-0.3, -0.25) is 9.20 Å². The molecule has 142 valence electrons. The monoisotopic (exact) mass is 388 g/mol. The molecule has 0 aliphatic carbocycles. The summed E-state index contributed by atoms with van der Waals surface area (Å²) in [4.78, 5) is 27.5. The quantitative estimate of drug-likeness (QED) is 0.636. The van der Waals surface area contributed by atoms with Crippen molar-refractivity contribution in [1.82, 2.24) is 9.30 Å². The number of halogens is 3. The predicted octanol–water partition coefficient (Wildman–Crippen LogP) is 1.79. The molecule has 2 aromatic heterocycles. The maximum Gasteiger partial charge on any atom is 0.341 e. The van der Waals surface area contributed by atoms with E-state index in [0.717, 1.165) is 23.7 Å². The van der Waals surface area contributed by atoms with Crippen LogP contribution in [0.25, 0.3) is 5.52 Å². The molecule has 2 aromatic rings. The lowest BCUT2D eigenvalue weighted by Gasteiger charge is -2.35. The molecule has 0 saturated carbocycles. The maximum absolute atomic E-state index is 14.1. The lowest BCUT2D eigenvalue weighted by molar-refractivity contribution is 0.0695. The molecule has 0 radical (unpaired) electrons. The number of carboxylic acid groups (broad SMARTS) is 1. The minimum atomic E-state index is -1.38. The van der Waals surface area contributed by atoms with Crippen LogP contribution in [0.3, 0.4) is 0 Å². The van der Waals surface area contributed by atoms with Gasteiger partial charge >= 0.3 is 5.97 Å². The average Bonchev–Trinajstić information content (AvgIpc) is 2.61. The van der Waals surface area contributed by atoms with Crippen molar-refractivity contribution in [1.29, 1.82) is 0 Å². The third-order valence-electron chi connectivity index (χ3n) is 4.39. The number of fused-ring (bicyclic) bond motifs is 1. The van der Waals surface area contributed by atoms with Crippen molar-refractivity contribution in [3.63, 3.8) is 0 Å². The molecule has 1 saturated heterocycles. The Bertz CT molecular complexity index is 868. The van der Waals surface area contributed by atoms with Gasteiger partial charge in [-0.1, -0.05) is 4.48 Å². The van der Waals surface area contributed by atoms with Crippen LogP contribution in [0.15, 0.2) is 29.2 Å². The molecule has 0 spiro atoms. The molecule has 0 bridgehead atoms. The number of pyridine rings is 2. The number of anilines is 2. The summed E-state index contributed by atoms with van der Waals surface area (Å²) in [5.41, 5.74) is -0.440. The second-order valence-electron chi connectivity index (χ2n) is 5.97. The van der Waals surface area contributed by atoms with Gasteiger partial charge < -0.3 is 14.9 Å². The molecule has 1 aliphatic rings. The minimum absolute atomic E-state index is 0. The van der Waals surface area contributed by atoms with Crippen LogP contribution in [0, 0.1) is 0 Å². The van der Waals surface area contributed by atoms with E-state index in [1.54, 1.807) is 6.07 Å². The number of alkyl halides is 1. The van der Waals surface area contributed by atoms with Crippen molar-refractivity contribution in [2.24, 2.45) is 0 Å². The van der Waals surface area contributed by atoms with Gasteiger partial charge in [-0.15, -0.1) is 12.4 Å². The van der Waals surface area contributed by atoms with E-state index in [2.05, 4.69) is 4.90 Å². The fraction of sp³-hybridized carbons (Fsp3) is 0.375. The second kappa shape index (κ2) is 7.88. The Morgan fingerprint density at radius 3 is 2.50 bits per heavy atom. The standard InChI is InChI=1S/C16H18F2N4O3.ClH/c1-19-4-6-20(7-5-19)13-8-11-2-3-12(16(24)25)15(23)21(11)9-14(13)22(18)10-17;/h2-3,8-9H,4-7,10H2,1H3,(H,24,25);1H. The number of aromatic carboxylic acids is 1. The topological polar surface area (TPSA) is 68.5 Å². The highest BCUT2D eigenvalue weighted by molar-refractivity contribution is 5.88. The summed E-state index contributed by atoms with van der Waals surface area (Å²) in [6, 6.07) is 4.28. The Morgan fingerprint density at radius 1 is 1.27 bits per heavy atom. The summed E-state index contributed by atoms with van der Waals surface area (Å²) < 4.78 is 28.0. The largest absolute Gasteiger partial charge is 0.477 e. The van der Waals surface area contributed by atoms with Crippen molar-refractivity contribution >= 4 is 35.3 Å². The van der Waals surface area contributed by atoms with Crippen molar-refractivity contribution in [3.05, 3.63) is 40.3 Å². The summed E-state index contributed by atoms with van der Waals surface area (Å²) >= 11 is 0. The van der Waals surface area contributed by atoms with Gasteiger partial charge in [0.1, 0.15) is 11.3 Å². The Kier molecular flexibility index (Phi) is 6.04. The predicted molar refractivity (Wildman–Crippen MR) is 97.1 cm³/mol. The van der Waals surface area contributed by atoms with E-state index in [1.807, 2.05) is 11.9 Å². The molecule has 0 unspecified atom stereocenters. The Hall–Kier alpha value is -2.39. The number of likely N-dealkylation sites (N-methyl/N-ethyl adjacent to an activating group) is 1. The molecule has 3 heterocycles. The highest BCUT2D eigenvalue weighted by atomic mass is 35.5. The molecule has 1 fully saturated rings. The number of nitrogens with zero attached hydrogens (tertiary/aromatic N) is 4. The molecule has 3 rings (SSSR count). The van der Waals surface area contributed by atoms with Crippen LogP contribution in [0.1, 0.15) is 10.4 Å². The van der Waals surface area contributed by atoms with Crippen LogP contribution in [-0.4, -0.2) is 60.4 Å². The van der Waals surface area contributed by atoms with Crippen LogP contribution in [-0.2, 0) is 0 Å². The fourth-order valence-electron chi connectivity index (χ4n) is 2.94. The first-order valence-electron chi connectivity index (χ1n) is 7.78. The summed E-state index contributed by atoms with van der Waals surface area (Å²) in [5, 5.41) is 8.97. The third-order valence-corrected chi connectivity index (χ3v) is 4.39. The SMILES string of the molecule is CN1CCN(c2cc3ccc(C(=O)O)c(=O)n3cc2N(F)CF)CC1.Cl. The molecule has 10 heteroatoms. The molecule has 0 atom stereocenters. The van der Waals surface area contributed by atoms with Crippen molar-refractivity contribution in [2.45, 2.75) is 0 Å². The lowest BCUT2D eigenvalue weighted by Crippen LogP contribution is -2.45. The first-order chi connectivity index (χ1) is 11.9. The van der Waals surface area contributed by atoms with E-state index >= 15 is 0 Å². The van der Waals surface area contributed by atoms with Crippen LogP contribution in [0.2, 0.25) is 0 Å². The van der Waals surface area contributed by atoms with E-state index in [-0.39, 0.29) is 23.2 Å². The van der Waals surface area contributed by atoms with Gasteiger partial charge in [0.25, 0.3) is 5.56 Å². The smallest absolute Gasteiger partial charge is 0.341 e. The van der Waals surface area contributed by atoms with E-state index in [1.165, 1.54) is 12.1 Å². The van der Waals surface area contributed by atoms with E-state index in [4.69, 9.17) is 5.11 Å². The summed E-state index contributed by atoms with van der Waals surface area (Å²) in [6.07, 6.45) is 1.15. The van der Waals surface area contributed by atoms with Gasteiger partial charge in [0.2, 0.25) is 0 Å². The normalized spacial score (nSPS) is 15.0. The van der Waals surface area contributed by atoms with E-state index in [0.29, 0.717) is 24.3 Å². The molecular formula is C16H19ClF2N4O3. The zero-order chi connectivity index (χ0) is 18.1. The highest BCUT2D eigenvalue weighted by Gasteiger charge is 2.22. The Balaban J connectivity index is 0.00000243. The number of carbonyl (C=O) groups is 1. The number of piperazine rings is 1. The number of aromatic nitrogens is 1. The minimum Gasteiger partial charge on any atom is -0.477 e. The molecular weight excluding hydrogens is 370 g/mol. The Morgan fingerprint density at radius 2 is 1.92 bits per heavy atom. The number of hydrogen-bond donors (Lipinski definition) is 1. The van der Waals surface area contributed by atoms with Crippen LogP contribution < -0.4 is 15.6 Å². The second-order valence-corrected chi connectivity index (χ2v) is 5.97. The fourth-order valence-corrected chi connectivity index (χ4v) is 2.94. The van der Waals surface area contributed by atoms with E-state index in [9.17, 15) is 18.5 Å². The molecule has 0 aromatic carbocycles. The molecule has 7 nitrogen and oxygen atoms in total. The molecule has 0 amide bonds. The van der Waals surface area contributed by atoms with Gasteiger partial charge in [0.15, 0.2) is 6.80 Å².